The van der Waals surface area contributed by atoms with Crippen LogP contribution in [0.3, 0.4) is 0 Å². The predicted molar refractivity (Wildman–Crippen MR) is 43.4 cm³/mol. The third kappa shape index (κ3) is 1.86. The summed E-state index contributed by atoms with van der Waals surface area (Å²) in [6, 6.07) is 3.77. The molecule has 0 aliphatic heterocycles. The van der Waals surface area contributed by atoms with E-state index in [0.29, 0.717) is 5.69 Å². The van der Waals surface area contributed by atoms with Gasteiger partial charge in [-0.1, -0.05) is 23.2 Å². The van der Waals surface area contributed by atoms with Gasteiger partial charge in [-0.3, -0.25) is 4.98 Å². The second-order valence-electron chi connectivity index (χ2n) is 2.06. The van der Waals surface area contributed by atoms with E-state index in [-0.39, 0.29) is 0 Å². The molecular weight excluding hydrogens is 169 g/mol. The Morgan fingerprint density at radius 2 is 2.20 bits per heavy atom. The van der Waals surface area contributed by atoms with Crippen molar-refractivity contribution in [2.75, 3.05) is 0 Å². The summed E-state index contributed by atoms with van der Waals surface area (Å²) in [6.07, 6.45) is 1.70. The lowest BCUT2D eigenvalue weighted by Gasteiger charge is -1.99. The van der Waals surface area contributed by atoms with Gasteiger partial charge in [-0.15, -0.1) is 0 Å². The van der Waals surface area contributed by atoms with E-state index in [2.05, 4.69) is 4.98 Å². The third-order valence-corrected chi connectivity index (χ3v) is 1.61. The summed E-state index contributed by atoms with van der Waals surface area (Å²) in [4.78, 5) is 3.46. The molecule has 0 saturated carbocycles. The molecule has 1 aromatic rings. The van der Waals surface area contributed by atoms with Gasteiger partial charge in [0.05, 0.1) is 5.69 Å². The van der Waals surface area contributed by atoms with Gasteiger partial charge in [-0.25, -0.2) is 0 Å². The molecule has 0 bridgehead atoms. The second-order valence-corrected chi connectivity index (χ2v) is 3.16. The largest absolute Gasteiger partial charge is 0.258 e. The minimum Gasteiger partial charge on any atom is -0.258 e. The number of aromatic nitrogens is 1. The molecule has 1 rings (SSSR count). The van der Waals surface area contributed by atoms with Gasteiger partial charge in [-0.2, -0.15) is 0 Å². The van der Waals surface area contributed by atoms with Crippen molar-refractivity contribution in [1.29, 1.82) is 0 Å². The van der Waals surface area contributed by atoms with E-state index in [9.17, 15) is 0 Å². The fourth-order valence-electron chi connectivity index (χ4n) is 0.679. The van der Waals surface area contributed by atoms with Gasteiger partial charge < -0.3 is 0 Å². The van der Waals surface area contributed by atoms with E-state index in [1.54, 1.807) is 6.20 Å². The molecule has 54 valence electrons. The predicted octanol–water partition coefficient (Wildman–Crippen LogP) is 2.87. The van der Waals surface area contributed by atoms with E-state index < -0.39 is 4.84 Å². The Hall–Kier alpha value is -0.270. The van der Waals surface area contributed by atoms with E-state index in [4.69, 9.17) is 23.2 Å². The molecule has 0 aliphatic rings. The van der Waals surface area contributed by atoms with Crippen LogP contribution in [0.2, 0.25) is 0 Å². The van der Waals surface area contributed by atoms with Gasteiger partial charge in [0.1, 0.15) is 4.84 Å². The summed E-state index contributed by atoms with van der Waals surface area (Å²) < 4.78 is 0. The van der Waals surface area contributed by atoms with Gasteiger partial charge in [0.25, 0.3) is 0 Å². The van der Waals surface area contributed by atoms with Gasteiger partial charge >= 0.3 is 0 Å². The lowest BCUT2D eigenvalue weighted by Crippen LogP contribution is -1.87. The molecule has 0 radical (unpaired) electrons. The van der Waals surface area contributed by atoms with Gasteiger partial charge in [0.15, 0.2) is 0 Å². The van der Waals surface area contributed by atoms with Crippen molar-refractivity contribution in [3.05, 3.63) is 29.6 Å². The summed E-state index contributed by atoms with van der Waals surface area (Å²) in [6.45, 7) is 1.97. The SMILES string of the molecule is Cc1ccnc(C(Cl)Cl)c1. The summed E-state index contributed by atoms with van der Waals surface area (Å²) in [5.74, 6) is 0. The van der Waals surface area contributed by atoms with Crippen LogP contribution in [0.4, 0.5) is 0 Å². The second kappa shape index (κ2) is 3.22. The lowest BCUT2D eigenvalue weighted by atomic mass is 10.2. The normalized spacial score (nSPS) is 10.4. The monoisotopic (exact) mass is 175 g/mol. The minimum atomic E-state index is -0.514. The van der Waals surface area contributed by atoms with E-state index in [0.717, 1.165) is 5.56 Å². The smallest absolute Gasteiger partial charge is 0.149 e. The van der Waals surface area contributed by atoms with Crippen molar-refractivity contribution in [2.24, 2.45) is 0 Å². The summed E-state index contributed by atoms with van der Waals surface area (Å²) in [5.41, 5.74) is 1.83. The Bertz CT molecular complexity index is 223. The highest BCUT2D eigenvalue weighted by atomic mass is 35.5. The first-order valence-corrected chi connectivity index (χ1v) is 3.78. The Labute approximate surface area is 70.0 Å². The van der Waals surface area contributed by atoms with Crippen molar-refractivity contribution in [3.63, 3.8) is 0 Å². The highest BCUT2D eigenvalue weighted by molar-refractivity contribution is 6.43. The van der Waals surface area contributed by atoms with Crippen molar-refractivity contribution < 1.29 is 0 Å². The Morgan fingerprint density at radius 3 is 2.60 bits per heavy atom. The number of aryl methyl sites for hydroxylation is 1. The molecule has 1 nitrogen and oxygen atoms in total. The summed E-state index contributed by atoms with van der Waals surface area (Å²) >= 11 is 11.2. The molecule has 0 atom stereocenters. The Kier molecular flexibility index (Phi) is 2.52. The first-order chi connectivity index (χ1) is 4.70. The number of alkyl halides is 2. The minimum absolute atomic E-state index is 0.514. The van der Waals surface area contributed by atoms with Crippen LogP contribution in [0.5, 0.6) is 0 Å². The van der Waals surface area contributed by atoms with Crippen LogP contribution in [-0.4, -0.2) is 4.98 Å². The fourth-order valence-corrected chi connectivity index (χ4v) is 0.918. The van der Waals surface area contributed by atoms with Crippen molar-refractivity contribution in [1.82, 2.24) is 4.98 Å². The number of nitrogens with zero attached hydrogens (tertiary/aromatic N) is 1. The molecule has 0 saturated heterocycles. The first kappa shape index (κ1) is 7.83. The Morgan fingerprint density at radius 1 is 1.50 bits per heavy atom. The topological polar surface area (TPSA) is 12.9 Å². The van der Waals surface area contributed by atoms with E-state index in [1.807, 2.05) is 19.1 Å². The van der Waals surface area contributed by atoms with E-state index in [1.165, 1.54) is 0 Å². The number of rotatable bonds is 1. The van der Waals surface area contributed by atoms with Crippen LogP contribution in [0, 0.1) is 6.92 Å². The molecule has 0 aromatic carbocycles. The molecule has 0 aliphatic carbocycles. The number of halogens is 2. The maximum absolute atomic E-state index is 5.58. The van der Waals surface area contributed by atoms with Crippen LogP contribution < -0.4 is 0 Å². The molecule has 0 spiro atoms. The van der Waals surface area contributed by atoms with Gasteiger partial charge in [0.2, 0.25) is 0 Å². The average molecular weight is 176 g/mol. The molecule has 1 aromatic heterocycles. The molecule has 0 fully saturated rings. The highest BCUT2D eigenvalue weighted by Gasteiger charge is 2.02. The number of hydrogen-bond acceptors (Lipinski definition) is 1. The van der Waals surface area contributed by atoms with Crippen molar-refractivity contribution in [3.8, 4) is 0 Å². The maximum Gasteiger partial charge on any atom is 0.149 e. The van der Waals surface area contributed by atoms with Crippen LogP contribution in [0.1, 0.15) is 16.1 Å². The zero-order valence-electron chi connectivity index (χ0n) is 5.51. The molecular formula is C7H7Cl2N. The fraction of sp³-hybridized carbons (Fsp3) is 0.286. The molecule has 0 N–H and O–H groups in total. The quantitative estimate of drug-likeness (QED) is 0.599. The molecule has 0 amide bonds. The molecule has 0 unspecified atom stereocenters. The molecule has 1 heterocycles. The van der Waals surface area contributed by atoms with Crippen LogP contribution in [0.25, 0.3) is 0 Å². The lowest BCUT2D eigenvalue weighted by molar-refractivity contribution is 1.13. The molecule has 3 heteroatoms. The average Bonchev–Trinajstić information content (AvgIpc) is 1.88. The van der Waals surface area contributed by atoms with Crippen LogP contribution >= 0.6 is 23.2 Å². The van der Waals surface area contributed by atoms with Crippen molar-refractivity contribution in [2.45, 2.75) is 11.8 Å². The van der Waals surface area contributed by atoms with Gasteiger partial charge in [0, 0.05) is 6.20 Å². The maximum atomic E-state index is 5.58. The highest BCUT2D eigenvalue weighted by Crippen LogP contribution is 2.22. The zero-order chi connectivity index (χ0) is 7.56. The first-order valence-electron chi connectivity index (χ1n) is 2.91. The third-order valence-electron chi connectivity index (χ3n) is 1.16. The number of pyridine rings is 1. The van der Waals surface area contributed by atoms with Gasteiger partial charge in [-0.05, 0) is 24.6 Å². The summed E-state index contributed by atoms with van der Waals surface area (Å²) in [5, 5.41) is 0. The standard InChI is InChI=1S/C7H7Cl2N/c1-5-2-3-10-6(4-5)7(8)9/h2-4,7H,1H3. The number of hydrogen-bond donors (Lipinski definition) is 0. The van der Waals surface area contributed by atoms with Crippen LogP contribution in [0.15, 0.2) is 18.3 Å². The van der Waals surface area contributed by atoms with Crippen LogP contribution in [-0.2, 0) is 0 Å². The summed E-state index contributed by atoms with van der Waals surface area (Å²) in [7, 11) is 0. The van der Waals surface area contributed by atoms with E-state index >= 15 is 0 Å². The van der Waals surface area contributed by atoms with Crippen molar-refractivity contribution >= 4 is 23.2 Å². The Balaban J connectivity index is 2.96. The zero-order valence-corrected chi connectivity index (χ0v) is 7.02. The molecule has 10 heavy (non-hydrogen) atoms.